The van der Waals surface area contributed by atoms with Gasteiger partial charge < -0.3 is 5.32 Å². The average Bonchev–Trinajstić information content (AvgIpc) is 3.16. The Morgan fingerprint density at radius 3 is 2.87 bits per heavy atom. The first-order valence-corrected chi connectivity index (χ1v) is 7.93. The molecule has 0 aliphatic carbocycles. The topological polar surface area (TPSA) is 73.0 Å². The number of thiophene rings is 1. The zero-order chi connectivity index (χ0) is 16.4. The molecule has 1 N–H and O–H groups in total. The molecule has 3 aromatic rings. The number of aryl methyl sites for hydroxylation is 2. The molecule has 23 heavy (non-hydrogen) atoms. The molecule has 1 aromatic carbocycles. The minimum atomic E-state index is -0.365. The fraction of sp³-hybridized carbons (Fsp3) is 0.188. The summed E-state index contributed by atoms with van der Waals surface area (Å²) >= 11 is 1.67. The molecular formula is C16H16N4O2S. The van der Waals surface area contributed by atoms with E-state index in [0.29, 0.717) is 6.54 Å². The first-order chi connectivity index (χ1) is 11.0. The summed E-state index contributed by atoms with van der Waals surface area (Å²) in [6.07, 6.45) is 5.41. The molecule has 0 spiro atoms. The number of nitrogens with one attached hydrogen (secondary N) is 1. The molecule has 3 rings (SSSR count). The van der Waals surface area contributed by atoms with Crippen molar-refractivity contribution in [3.05, 3.63) is 69.1 Å². The van der Waals surface area contributed by atoms with Crippen molar-refractivity contribution in [3.63, 3.8) is 0 Å². The van der Waals surface area contributed by atoms with E-state index >= 15 is 0 Å². The van der Waals surface area contributed by atoms with E-state index in [9.17, 15) is 10.1 Å². The predicted molar refractivity (Wildman–Crippen MR) is 91.3 cm³/mol. The number of nitro benzene ring substituents is 1. The standard InChI is InChI=1S/C16H16N4O2S/c1-11-3-4-14(20(21)22)7-13(11)9-18-15-8-16(23-12(15)2)19-6-5-17-10-19/h3-8,10,18H,9H2,1-2H3. The van der Waals surface area contributed by atoms with Crippen molar-refractivity contribution in [2.75, 3.05) is 5.32 Å². The molecule has 2 heterocycles. The Morgan fingerprint density at radius 1 is 1.35 bits per heavy atom. The van der Waals surface area contributed by atoms with Crippen molar-refractivity contribution in [2.45, 2.75) is 20.4 Å². The fourth-order valence-corrected chi connectivity index (χ4v) is 3.26. The van der Waals surface area contributed by atoms with E-state index < -0.39 is 0 Å². The van der Waals surface area contributed by atoms with Crippen LogP contribution in [0, 0.1) is 24.0 Å². The van der Waals surface area contributed by atoms with Gasteiger partial charge in [-0.2, -0.15) is 0 Å². The van der Waals surface area contributed by atoms with Crippen LogP contribution in [0.4, 0.5) is 11.4 Å². The zero-order valence-corrected chi connectivity index (χ0v) is 13.6. The minimum absolute atomic E-state index is 0.119. The van der Waals surface area contributed by atoms with Crippen LogP contribution < -0.4 is 5.32 Å². The van der Waals surface area contributed by atoms with Gasteiger partial charge in [-0.15, -0.1) is 11.3 Å². The van der Waals surface area contributed by atoms with Crippen LogP contribution >= 0.6 is 11.3 Å². The molecule has 7 heteroatoms. The number of rotatable bonds is 5. The molecule has 0 radical (unpaired) electrons. The third kappa shape index (κ3) is 3.24. The molecule has 118 valence electrons. The lowest BCUT2D eigenvalue weighted by molar-refractivity contribution is -0.384. The van der Waals surface area contributed by atoms with Gasteiger partial charge in [-0.25, -0.2) is 4.98 Å². The third-order valence-electron chi connectivity index (χ3n) is 3.68. The van der Waals surface area contributed by atoms with E-state index in [-0.39, 0.29) is 10.6 Å². The average molecular weight is 328 g/mol. The summed E-state index contributed by atoms with van der Waals surface area (Å²) < 4.78 is 1.96. The Morgan fingerprint density at radius 2 is 2.17 bits per heavy atom. The molecule has 0 atom stereocenters. The van der Waals surface area contributed by atoms with Crippen LogP contribution in [0.15, 0.2) is 43.0 Å². The molecule has 0 saturated carbocycles. The van der Waals surface area contributed by atoms with Crippen molar-refractivity contribution in [1.82, 2.24) is 9.55 Å². The predicted octanol–water partition coefficient (Wildman–Crippen LogP) is 4.07. The highest BCUT2D eigenvalue weighted by molar-refractivity contribution is 7.15. The van der Waals surface area contributed by atoms with Gasteiger partial charge in [-0.3, -0.25) is 14.7 Å². The van der Waals surface area contributed by atoms with Crippen molar-refractivity contribution < 1.29 is 4.92 Å². The summed E-state index contributed by atoms with van der Waals surface area (Å²) in [6, 6.07) is 7.01. The first kappa shape index (κ1) is 15.2. The van der Waals surface area contributed by atoms with Gasteiger partial charge in [0.25, 0.3) is 5.69 Å². The van der Waals surface area contributed by atoms with Gasteiger partial charge in [0.1, 0.15) is 5.00 Å². The number of hydrogen-bond acceptors (Lipinski definition) is 5. The van der Waals surface area contributed by atoms with Crippen molar-refractivity contribution in [1.29, 1.82) is 0 Å². The number of nitro groups is 1. The molecule has 2 aromatic heterocycles. The number of anilines is 1. The second kappa shape index (κ2) is 6.21. The van der Waals surface area contributed by atoms with Gasteiger partial charge >= 0.3 is 0 Å². The van der Waals surface area contributed by atoms with E-state index in [4.69, 9.17) is 0 Å². The SMILES string of the molecule is Cc1ccc([N+](=O)[O-])cc1CNc1cc(-n2ccnc2)sc1C. The lowest BCUT2D eigenvalue weighted by Gasteiger charge is -2.08. The van der Waals surface area contributed by atoms with E-state index in [0.717, 1.165) is 26.7 Å². The second-order valence-corrected chi connectivity index (χ2v) is 6.48. The van der Waals surface area contributed by atoms with Crippen LogP contribution in [0.1, 0.15) is 16.0 Å². The highest BCUT2D eigenvalue weighted by Gasteiger charge is 2.10. The van der Waals surface area contributed by atoms with Gasteiger partial charge in [0, 0.05) is 35.9 Å². The van der Waals surface area contributed by atoms with Crippen LogP contribution in [-0.4, -0.2) is 14.5 Å². The first-order valence-electron chi connectivity index (χ1n) is 7.11. The molecule has 0 fully saturated rings. The number of imidazole rings is 1. The van der Waals surface area contributed by atoms with Crippen molar-refractivity contribution >= 4 is 22.7 Å². The van der Waals surface area contributed by atoms with Gasteiger partial charge in [0.15, 0.2) is 0 Å². The fourth-order valence-electron chi connectivity index (χ4n) is 2.31. The zero-order valence-electron chi connectivity index (χ0n) is 12.8. The summed E-state index contributed by atoms with van der Waals surface area (Å²) in [5.41, 5.74) is 3.11. The molecule has 0 aliphatic rings. The summed E-state index contributed by atoms with van der Waals surface area (Å²) in [5.74, 6) is 0. The summed E-state index contributed by atoms with van der Waals surface area (Å²) in [7, 11) is 0. The maximum absolute atomic E-state index is 10.9. The highest BCUT2D eigenvalue weighted by Crippen LogP contribution is 2.30. The highest BCUT2D eigenvalue weighted by atomic mass is 32.1. The van der Waals surface area contributed by atoms with Gasteiger partial charge in [0.2, 0.25) is 0 Å². The van der Waals surface area contributed by atoms with E-state index in [2.05, 4.69) is 16.4 Å². The molecule has 0 saturated heterocycles. The van der Waals surface area contributed by atoms with Crippen LogP contribution in [0.2, 0.25) is 0 Å². The minimum Gasteiger partial charge on any atom is -0.380 e. The molecular weight excluding hydrogens is 312 g/mol. The lowest BCUT2D eigenvalue weighted by Crippen LogP contribution is -2.02. The Bertz CT molecular complexity index is 840. The van der Waals surface area contributed by atoms with Crippen LogP contribution in [0.3, 0.4) is 0 Å². The molecule has 0 aliphatic heterocycles. The smallest absolute Gasteiger partial charge is 0.269 e. The summed E-state index contributed by atoms with van der Waals surface area (Å²) in [5, 5.41) is 15.4. The third-order valence-corrected chi connectivity index (χ3v) is 4.74. The van der Waals surface area contributed by atoms with Crippen LogP contribution in [-0.2, 0) is 6.54 Å². The molecule has 0 bridgehead atoms. The summed E-state index contributed by atoms with van der Waals surface area (Å²) in [4.78, 5) is 15.8. The molecule has 0 unspecified atom stereocenters. The number of benzene rings is 1. The van der Waals surface area contributed by atoms with E-state index in [1.54, 1.807) is 36.0 Å². The van der Waals surface area contributed by atoms with E-state index in [1.807, 2.05) is 24.6 Å². The number of hydrogen-bond donors (Lipinski definition) is 1. The molecule has 0 amide bonds. The van der Waals surface area contributed by atoms with Gasteiger partial charge in [-0.05, 0) is 31.0 Å². The van der Waals surface area contributed by atoms with Crippen molar-refractivity contribution in [3.8, 4) is 5.00 Å². The Kier molecular flexibility index (Phi) is 4.12. The van der Waals surface area contributed by atoms with Crippen LogP contribution in [0.25, 0.3) is 5.00 Å². The maximum atomic E-state index is 10.9. The number of non-ortho nitro benzene ring substituents is 1. The molecule has 6 nitrogen and oxygen atoms in total. The normalized spacial score (nSPS) is 10.7. The Labute approximate surface area is 137 Å². The van der Waals surface area contributed by atoms with Gasteiger partial charge in [0.05, 0.1) is 16.9 Å². The Balaban J connectivity index is 1.79. The second-order valence-electron chi connectivity index (χ2n) is 5.25. The van der Waals surface area contributed by atoms with Crippen LogP contribution in [0.5, 0.6) is 0 Å². The monoisotopic (exact) mass is 328 g/mol. The number of aromatic nitrogens is 2. The number of nitrogens with zero attached hydrogens (tertiary/aromatic N) is 3. The summed E-state index contributed by atoms with van der Waals surface area (Å²) in [6.45, 7) is 4.56. The Hall–Kier alpha value is -2.67. The quantitative estimate of drug-likeness (QED) is 0.566. The lowest BCUT2D eigenvalue weighted by atomic mass is 10.1. The maximum Gasteiger partial charge on any atom is 0.269 e. The van der Waals surface area contributed by atoms with Crippen molar-refractivity contribution in [2.24, 2.45) is 0 Å². The van der Waals surface area contributed by atoms with E-state index in [1.165, 1.54) is 6.07 Å². The largest absolute Gasteiger partial charge is 0.380 e. The van der Waals surface area contributed by atoms with Gasteiger partial charge in [-0.1, -0.05) is 6.07 Å².